The van der Waals surface area contributed by atoms with Crippen molar-refractivity contribution in [3.63, 3.8) is 0 Å². The van der Waals surface area contributed by atoms with Crippen LogP contribution in [-0.2, 0) is 4.79 Å². The van der Waals surface area contributed by atoms with E-state index in [1.54, 1.807) is 11.3 Å². The molecule has 1 aromatic heterocycles. The van der Waals surface area contributed by atoms with Crippen LogP contribution in [0.15, 0.2) is 18.2 Å². The minimum absolute atomic E-state index is 0.00604. The number of aromatic nitrogens is 1. The van der Waals surface area contributed by atoms with Crippen molar-refractivity contribution in [2.45, 2.75) is 26.8 Å². The van der Waals surface area contributed by atoms with Crippen molar-refractivity contribution in [2.75, 3.05) is 11.9 Å². The van der Waals surface area contributed by atoms with Crippen LogP contribution >= 0.6 is 11.3 Å². The highest BCUT2D eigenvalue weighted by Crippen LogP contribution is 2.28. The highest BCUT2D eigenvalue weighted by molar-refractivity contribution is 7.22. The molecule has 18 heavy (non-hydrogen) atoms. The van der Waals surface area contributed by atoms with Gasteiger partial charge in [-0.1, -0.05) is 23.5 Å². The van der Waals surface area contributed by atoms with Gasteiger partial charge in [-0.05, 0) is 32.4 Å². The number of nitrogens with zero attached hydrogens (tertiary/aromatic N) is 1. The average Bonchev–Trinajstić information content (AvgIpc) is 2.73. The van der Waals surface area contributed by atoms with Crippen molar-refractivity contribution in [3.05, 3.63) is 23.8 Å². The van der Waals surface area contributed by atoms with Crippen molar-refractivity contribution >= 4 is 32.6 Å². The Morgan fingerprint density at radius 1 is 1.50 bits per heavy atom. The summed E-state index contributed by atoms with van der Waals surface area (Å²) in [7, 11) is 0. The molecule has 0 aliphatic heterocycles. The molecule has 2 N–H and O–H groups in total. The lowest BCUT2D eigenvalue weighted by Crippen LogP contribution is -2.37. The number of hydrogen-bond donors (Lipinski definition) is 2. The highest BCUT2D eigenvalue weighted by Gasteiger charge is 2.14. The van der Waals surface area contributed by atoms with Crippen LogP contribution in [0, 0.1) is 6.92 Å². The SMILES string of the molecule is CCNC(=O)C(C)Nc1nc2c(C)cccc2s1. The summed E-state index contributed by atoms with van der Waals surface area (Å²) in [5.74, 6) is -0.00604. The maximum Gasteiger partial charge on any atom is 0.242 e. The van der Waals surface area contributed by atoms with Crippen LogP contribution in [-0.4, -0.2) is 23.5 Å². The fourth-order valence-electron chi connectivity index (χ4n) is 1.73. The van der Waals surface area contributed by atoms with Crippen molar-refractivity contribution < 1.29 is 4.79 Å². The van der Waals surface area contributed by atoms with Crippen molar-refractivity contribution in [1.82, 2.24) is 10.3 Å². The molecule has 1 aromatic carbocycles. The first-order valence-electron chi connectivity index (χ1n) is 6.02. The maximum atomic E-state index is 11.6. The predicted molar refractivity (Wildman–Crippen MR) is 76.1 cm³/mol. The second-order valence-corrected chi connectivity index (χ2v) is 5.23. The molecule has 4 nitrogen and oxygen atoms in total. The smallest absolute Gasteiger partial charge is 0.242 e. The average molecular weight is 263 g/mol. The minimum atomic E-state index is -0.272. The summed E-state index contributed by atoms with van der Waals surface area (Å²) >= 11 is 1.57. The van der Waals surface area contributed by atoms with Gasteiger partial charge in [-0.25, -0.2) is 4.98 Å². The molecule has 1 atom stereocenters. The van der Waals surface area contributed by atoms with Crippen LogP contribution in [0.1, 0.15) is 19.4 Å². The molecule has 5 heteroatoms. The molecule has 0 bridgehead atoms. The van der Waals surface area contributed by atoms with Crippen LogP contribution in [0.25, 0.3) is 10.2 Å². The summed E-state index contributed by atoms with van der Waals surface area (Å²) in [6.45, 7) is 6.43. The summed E-state index contributed by atoms with van der Waals surface area (Å²) in [5, 5.41) is 6.71. The monoisotopic (exact) mass is 263 g/mol. The van der Waals surface area contributed by atoms with Gasteiger partial charge in [-0.2, -0.15) is 0 Å². The Morgan fingerprint density at radius 2 is 2.28 bits per heavy atom. The third-order valence-electron chi connectivity index (χ3n) is 2.70. The predicted octanol–water partition coefficient (Wildman–Crippen LogP) is 2.54. The number of fused-ring (bicyclic) bond motifs is 1. The quantitative estimate of drug-likeness (QED) is 0.891. The van der Waals surface area contributed by atoms with Gasteiger partial charge in [-0.15, -0.1) is 0 Å². The zero-order chi connectivity index (χ0) is 13.1. The largest absolute Gasteiger partial charge is 0.355 e. The van der Waals surface area contributed by atoms with Gasteiger partial charge in [-0.3, -0.25) is 4.79 Å². The van der Waals surface area contributed by atoms with Gasteiger partial charge in [0.05, 0.1) is 10.2 Å². The number of amides is 1. The molecule has 0 spiro atoms. The second-order valence-electron chi connectivity index (χ2n) is 4.20. The summed E-state index contributed by atoms with van der Waals surface area (Å²) in [6, 6.07) is 5.83. The Labute approximate surface area is 110 Å². The molecule has 0 radical (unpaired) electrons. The zero-order valence-electron chi connectivity index (χ0n) is 10.8. The van der Waals surface area contributed by atoms with E-state index in [1.807, 2.05) is 39.0 Å². The Morgan fingerprint density at radius 3 is 2.94 bits per heavy atom. The summed E-state index contributed by atoms with van der Waals surface area (Å²) in [5.41, 5.74) is 2.16. The third kappa shape index (κ3) is 2.61. The maximum absolute atomic E-state index is 11.6. The van der Waals surface area contributed by atoms with Crippen LogP contribution in [0.5, 0.6) is 0 Å². The number of hydrogen-bond acceptors (Lipinski definition) is 4. The Bertz CT molecular complexity index is 564. The lowest BCUT2D eigenvalue weighted by atomic mass is 10.2. The third-order valence-corrected chi connectivity index (χ3v) is 3.66. The fourth-order valence-corrected chi connectivity index (χ4v) is 2.76. The Balaban J connectivity index is 2.17. The number of para-hydroxylation sites is 1. The number of carbonyl (C=O) groups excluding carboxylic acids is 1. The van der Waals surface area contributed by atoms with E-state index in [4.69, 9.17) is 0 Å². The van der Waals surface area contributed by atoms with Crippen LogP contribution < -0.4 is 10.6 Å². The van der Waals surface area contributed by atoms with E-state index in [2.05, 4.69) is 15.6 Å². The lowest BCUT2D eigenvalue weighted by Gasteiger charge is -2.11. The lowest BCUT2D eigenvalue weighted by molar-refractivity contribution is -0.121. The first-order valence-corrected chi connectivity index (χ1v) is 6.84. The Kier molecular flexibility index (Phi) is 3.81. The first-order chi connectivity index (χ1) is 8.61. The zero-order valence-corrected chi connectivity index (χ0v) is 11.6. The number of anilines is 1. The van der Waals surface area contributed by atoms with Crippen LogP contribution in [0.2, 0.25) is 0 Å². The van der Waals surface area contributed by atoms with E-state index in [-0.39, 0.29) is 11.9 Å². The molecule has 1 amide bonds. The van der Waals surface area contributed by atoms with E-state index < -0.39 is 0 Å². The van der Waals surface area contributed by atoms with Gasteiger partial charge in [0.1, 0.15) is 6.04 Å². The molecular weight excluding hydrogens is 246 g/mol. The van der Waals surface area contributed by atoms with E-state index in [0.717, 1.165) is 20.9 Å². The van der Waals surface area contributed by atoms with Gasteiger partial charge < -0.3 is 10.6 Å². The molecule has 2 rings (SSSR count). The van der Waals surface area contributed by atoms with E-state index in [9.17, 15) is 4.79 Å². The number of benzene rings is 1. The van der Waals surface area contributed by atoms with Crippen molar-refractivity contribution in [3.8, 4) is 0 Å². The standard InChI is InChI=1S/C13H17N3OS/c1-4-14-12(17)9(3)15-13-16-11-8(2)6-5-7-10(11)18-13/h5-7,9H,4H2,1-3H3,(H,14,17)(H,15,16). The summed E-state index contributed by atoms with van der Waals surface area (Å²) in [6.07, 6.45) is 0. The number of aryl methyl sites for hydroxylation is 1. The normalized spacial score (nSPS) is 12.4. The number of likely N-dealkylation sites (N-methyl/N-ethyl adjacent to an activating group) is 1. The minimum Gasteiger partial charge on any atom is -0.355 e. The molecule has 0 saturated carbocycles. The highest BCUT2D eigenvalue weighted by atomic mass is 32.1. The molecule has 0 fully saturated rings. The topological polar surface area (TPSA) is 54.0 Å². The Hall–Kier alpha value is -1.62. The van der Waals surface area contributed by atoms with Gasteiger partial charge in [0, 0.05) is 6.54 Å². The van der Waals surface area contributed by atoms with Gasteiger partial charge in [0.15, 0.2) is 5.13 Å². The summed E-state index contributed by atoms with van der Waals surface area (Å²) in [4.78, 5) is 16.2. The van der Waals surface area contributed by atoms with Crippen LogP contribution in [0.4, 0.5) is 5.13 Å². The summed E-state index contributed by atoms with van der Waals surface area (Å²) < 4.78 is 1.14. The van der Waals surface area contributed by atoms with E-state index in [0.29, 0.717) is 6.54 Å². The first kappa shape index (κ1) is 12.8. The number of thiazole rings is 1. The van der Waals surface area contributed by atoms with E-state index >= 15 is 0 Å². The van der Waals surface area contributed by atoms with E-state index in [1.165, 1.54) is 0 Å². The number of rotatable bonds is 4. The van der Waals surface area contributed by atoms with Gasteiger partial charge in [0.25, 0.3) is 0 Å². The molecule has 0 aliphatic rings. The molecule has 96 valence electrons. The molecular formula is C13H17N3OS. The number of nitrogens with one attached hydrogen (secondary N) is 2. The molecule has 2 aromatic rings. The second kappa shape index (κ2) is 5.35. The van der Waals surface area contributed by atoms with Crippen molar-refractivity contribution in [1.29, 1.82) is 0 Å². The molecule has 0 aliphatic carbocycles. The molecule has 1 heterocycles. The van der Waals surface area contributed by atoms with Crippen LogP contribution in [0.3, 0.4) is 0 Å². The van der Waals surface area contributed by atoms with Gasteiger partial charge >= 0.3 is 0 Å². The fraction of sp³-hybridized carbons (Fsp3) is 0.385. The molecule has 0 saturated heterocycles. The number of carbonyl (C=O) groups is 1. The molecule has 1 unspecified atom stereocenters. The van der Waals surface area contributed by atoms with Gasteiger partial charge in [0.2, 0.25) is 5.91 Å². The van der Waals surface area contributed by atoms with Crippen molar-refractivity contribution in [2.24, 2.45) is 0 Å².